The highest BCUT2D eigenvalue weighted by Crippen LogP contribution is 2.21. The van der Waals surface area contributed by atoms with Gasteiger partial charge >= 0.3 is 0 Å². The Kier molecular flexibility index (Phi) is 5.43. The smallest absolute Gasteiger partial charge is 0.224 e. The van der Waals surface area contributed by atoms with Crippen LogP contribution in [0.1, 0.15) is 6.42 Å². The second kappa shape index (κ2) is 7.31. The third kappa shape index (κ3) is 4.25. The predicted molar refractivity (Wildman–Crippen MR) is 84.2 cm³/mol. The molecule has 0 aliphatic carbocycles. The van der Waals surface area contributed by atoms with Gasteiger partial charge < -0.3 is 15.8 Å². The summed E-state index contributed by atoms with van der Waals surface area (Å²) in [6.45, 7) is 1.27. The molecule has 0 saturated heterocycles. The third-order valence-electron chi connectivity index (χ3n) is 2.50. The van der Waals surface area contributed by atoms with Crippen LogP contribution in [0.4, 0.5) is 11.5 Å². The Morgan fingerprint density at radius 1 is 1.35 bits per heavy atom. The maximum Gasteiger partial charge on any atom is 0.224 e. The lowest BCUT2D eigenvalue weighted by Gasteiger charge is -2.10. The summed E-state index contributed by atoms with van der Waals surface area (Å²) in [6.07, 6.45) is 2.42. The maximum atomic E-state index is 5.78. The monoisotopic (exact) mass is 356 g/mol. The zero-order valence-corrected chi connectivity index (χ0v) is 13.0. The minimum absolute atomic E-state index is 0.212. The number of hydrogen-bond donors (Lipinski definition) is 2. The summed E-state index contributed by atoms with van der Waals surface area (Å²) >= 11 is 9.08. The Bertz CT molecular complexity index is 582. The molecule has 0 bridgehead atoms. The van der Waals surface area contributed by atoms with Crippen molar-refractivity contribution < 1.29 is 4.74 Å². The average Bonchev–Trinajstić information content (AvgIpc) is 2.44. The average molecular weight is 358 g/mol. The molecule has 0 fully saturated rings. The fourth-order valence-corrected chi connectivity index (χ4v) is 2.01. The van der Waals surface area contributed by atoms with Crippen LogP contribution in [-0.4, -0.2) is 23.1 Å². The molecule has 0 aliphatic rings. The molecule has 0 atom stereocenters. The number of nitrogens with one attached hydrogen (secondary N) is 1. The molecule has 0 radical (unpaired) electrons. The van der Waals surface area contributed by atoms with Crippen LogP contribution in [-0.2, 0) is 0 Å². The number of para-hydroxylation sites is 2. The lowest BCUT2D eigenvalue weighted by molar-refractivity contribution is 0.316. The fourth-order valence-electron chi connectivity index (χ4n) is 1.54. The summed E-state index contributed by atoms with van der Waals surface area (Å²) in [7, 11) is 0. The summed E-state index contributed by atoms with van der Waals surface area (Å²) < 4.78 is 6.37. The van der Waals surface area contributed by atoms with Gasteiger partial charge in [-0.15, -0.1) is 0 Å². The molecule has 1 heterocycles. The first-order chi connectivity index (χ1) is 9.66. The fraction of sp³-hybridized carbons (Fsp3) is 0.231. The molecule has 3 N–H and O–H groups in total. The molecule has 1 aromatic heterocycles. The topological polar surface area (TPSA) is 73.1 Å². The van der Waals surface area contributed by atoms with Gasteiger partial charge in [-0.25, -0.2) is 4.98 Å². The highest BCUT2D eigenvalue weighted by Gasteiger charge is 2.03. The first kappa shape index (κ1) is 14.9. The van der Waals surface area contributed by atoms with Crippen molar-refractivity contribution in [3.05, 3.63) is 40.2 Å². The van der Waals surface area contributed by atoms with Crippen LogP contribution in [0.2, 0.25) is 5.28 Å². The van der Waals surface area contributed by atoms with Gasteiger partial charge in [-0.05, 0) is 46.1 Å². The van der Waals surface area contributed by atoms with Gasteiger partial charge in [0, 0.05) is 12.7 Å². The molecule has 7 heteroatoms. The van der Waals surface area contributed by atoms with Crippen molar-refractivity contribution in [1.82, 2.24) is 9.97 Å². The molecule has 0 amide bonds. The van der Waals surface area contributed by atoms with Gasteiger partial charge in [0.15, 0.2) is 0 Å². The molecule has 0 saturated carbocycles. The van der Waals surface area contributed by atoms with Crippen LogP contribution in [0.25, 0.3) is 0 Å². The minimum atomic E-state index is 0.212. The number of hydrogen-bond acceptors (Lipinski definition) is 5. The number of anilines is 2. The van der Waals surface area contributed by atoms with Crippen LogP contribution in [0.5, 0.6) is 5.75 Å². The van der Waals surface area contributed by atoms with E-state index in [9.17, 15) is 0 Å². The summed E-state index contributed by atoms with van der Waals surface area (Å²) in [6, 6.07) is 7.43. The summed E-state index contributed by atoms with van der Waals surface area (Å²) in [5.41, 5.74) is 6.43. The van der Waals surface area contributed by atoms with Crippen molar-refractivity contribution in [3.63, 3.8) is 0 Å². The van der Waals surface area contributed by atoms with Gasteiger partial charge in [0.05, 0.1) is 16.8 Å². The normalized spacial score (nSPS) is 10.3. The van der Waals surface area contributed by atoms with Crippen molar-refractivity contribution in [2.24, 2.45) is 0 Å². The van der Waals surface area contributed by atoms with Crippen LogP contribution in [0.15, 0.2) is 34.9 Å². The largest absolute Gasteiger partial charge is 0.491 e. The van der Waals surface area contributed by atoms with Crippen molar-refractivity contribution in [3.8, 4) is 5.75 Å². The van der Waals surface area contributed by atoms with E-state index in [0.29, 0.717) is 30.4 Å². The molecule has 0 spiro atoms. The van der Waals surface area contributed by atoms with Crippen molar-refractivity contribution in [2.45, 2.75) is 6.42 Å². The maximum absolute atomic E-state index is 5.78. The quantitative estimate of drug-likeness (QED) is 0.471. The molecule has 106 valence electrons. The second-order valence-corrected chi connectivity index (χ2v) is 5.19. The van der Waals surface area contributed by atoms with E-state index in [0.717, 1.165) is 10.9 Å². The lowest BCUT2D eigenvalue weighted by Crippen LogP contribution is -2.09. The van der Waals surface area contributed by atoms with Gasteiger partial charge in [0.25, 0.3) is 0 Å². The first-order valence-electron chi connectivity index (χ1n) is 6.06. The molecule has 5 nitrogen and oxygen atoms in total. The number of aromatic nitrogens is 2. The Morgan fingerprint density at radius 2 is 2.15 bits per heavy atom. The van der Waals surface area contributed by atoms with E-state index in [2.05, 4.69) is 31.2 Å². The molecular formula is C13H14BrClN4O. The molecule has 2 aromatic rings. The Hall–Kier alpha value is -1.53. The minimum Gasteiger partial charge on any atom is -0.491 e. The van der Waals surface area contributed by atoms with Gasteiger partial charge in [0.1, 0.15) is 11.6 Å². The van der Waals surface area contributed by atoms with Crippen LogP contribution in [0.3, 0.4) is 0 Å². The van der Waals surface area contributed by atoms with E-state index in [4.69, 9.17) is 22.1 Å². The van der Waals surface area contributed by atoms with Gasteiger partial charge in [-0.3, -0.25) is 0 Å². The zero-order chi connectivity index (χ0) is 14.4. The number of ether oxygens (including phenoxy) is 1. The number of rotatable bonds is 6. The van der Waals surface area contributed by atoms with Gasteiger partial charge in [-0.1, -0.05) is 12.1 Å². The molecule has 0 unspecified atom stereocenters. The Morgan fingerprint density at radius 3 is 2.95 bits per heavy atom. The standard InChI is InChI=1S/C13H14BrClN4O/c14-9-8-18-13(15)19-12(9)17-6-3-7-20-11-5-2-1-4-10(11)16/h1-2,4-5,8H,3,6-7,16H2,(H,17,18,19). The van der Waals surface area contributed by atoms with E-state index in [-0.39, 0.29) is 5.28 Å². The summed E-state index contributed by atoms with van der Waals surface area (Å²) in [5, 5.41) is 3.37. The predicted octanol–water partition coefficient (Wildman–Crippen LogP) is 3.36. The highest BCUT2D eigenvalue weighted by molar-refractivity contribution is 9.10. The molecule has 2 rings (SSSR count). The number of nitrogens with two attached hydrogens (primary N) is 1. The van der Waals surface area contributed by atoms with Crippen molar-refractivity contribution >= 4 is 39.0 Å². The SMILES string of the molecule is Nc1ccccc1OCCCNc1nc(Cl)ncc1Br. The number of halogens is 2. The lowest BCUT2D eigenvalue weighted by atomic mass is 10.3. The number of nitrogens with zero attached hydrogens (tertiary/aromatic N) is 2. The van der Waals surface area contributed by atoms with E-state index in [1.54, 1.807) is 6.20 Å². The summed E-state index contributed by atoms with van der Waals surface area (Å²) in [4.78, 5) is 7.94. The molecule has 0 aliphatic heterocycles. The molecule has 20 heavy (non-hydrogen) atoms. The van der Waals surface area contributed by atoms with E-state index >= 15 is 0 Å². The summed E-state index contributed by atoms with van der Waals surface area (Å²) in [5.74, 6) is 1.38. The Balaban J connectivity index is 1.74. The van der Waals surface area contributed by atoms with Crippen molar-refractivity contribution in [1.29, 1.82) is 0 Å². The van der Waals surface area contributed by atoms with Gasteiger partial charge in [-0.2, -0.15) is 4.98 Å². The van der Waals surface area contributed by atoms with Gasteiger partial charge in [0.2, 0.25) is 5.28 Å². The first-order valence-corrected chi connectivity index (χ1v) is 7.23. The highest BCUT2D eigenvalue weighted by atomic mass is 79.9. The van der Waals surface area contributed by atoms with E-state index in [1.807, 2.05) is 24.3 Å². The van der Waals surface area contributed by atoms with Crippen molar-refractivity contribution in [2.75, 3.05) is 24.2 Å². The Labute approximate surface area is 130 Å². The molecular weight excluding hydrogens is 344 g/mol. The zero-order valence-electron chi connectivity index (χ0n) is 10.6. The van der Waals surface area contributed by atoms with Crippen LogP contribution in [0, 0.1) is 0 Å². The van der Waals surface area contributed by atoms with Crippen LogP contribution < -0.4 is 15.8 Å². The molecule has 1 aromatic carbocycles. The number of nitrogen functional groups attached to an aromatic ring is 1. The van der Waals surface area contributed by atoms with E-state index < -0.39 is 0 Å². The second-order valence-electron chi connectivity index (χ2n) is 4.00. The van der Waals surface area contributed by atoms with Crippen LogP contribution >= 0.6 is 27.5 Å². The van der Waals surface area contributed by atoms with E-state index in [1.165, 1.54) is 0 Å². The number of benzene rings is 1. The third-order valence-corrected chi connectivity index (χ3v) is 3.27.